The van der Waals surface area contributed by atoms with Crippen LogP contribution in [0.3, 0.4) is 0 Å². The molecule has 1 heterocycles. The van der Waals surface area contributed by atoms with Crippen molar-refractivity contribution in [1.29, 1.82) is 0 Å². The lowest BCUT2D eigenvalue weighted by Gasteiger charge is -2.21. The van der Waals surface area contributed by atoms with Crippen molar-refractivity contribution in [2.45, 2.75) is 40.2 Å². The lowest BCUT2D eigenvalue weighted by atomic mass is 10.0. The fourth-order valence-electron chi connectivity index (χ4n) is 2.45. The Hall–Kier alpha value is -1.39. The van der Waals surface area contributed by atoms with Gasteiger partial charge in [0, 0.05) is 10.4 Å². The minimum absolute atomic E-state index is 0.152. The highest BCUT2D eigenvalue weighted by molar-refractivity contribution is 7.11. The SMILES string of the molecule is CCCNC(c1ccccc1OCC)c1sc(C)nc1C. The lowest BCUT2D eigenvalue weighted by molar-refractivity contribution is 0.333. The third-order valence-corrected chi connectivity index (χ3v) is 4.47. The van der Waals surface area contributed by atoms with E-state index in [4.69, 9.17) is 4.74 Å². The topological polar surface area (TPSA) is 34.1 Å². The quantitative estimate of drug-likeness (QED) is 0.830. The summed E-state index contributed by atoms with van der Waals surface area (Å²) in [7, 11) is 0. The molecule has 2 rings (SSSR count). The smallest absolute Gasteiger partial charge is 0.124 e. The van der Waals surface area contributed by atoms with Crippen LogP contribution >= 0.6 is 11.3 Å². The first-order chi connectivity index (χ1) is 10.2. The molecule has 4 heteroatoms. The number of rotatable bonds is 7. The predicted octanol–water partition coefficient (Wildman–Crippen LogP) is 4.25. The Morgan fingerprint density at radius 2 is 2.00 bits per heavy atom. The predicted molar refractivity (Wildman–Crippen MR) is 89.3 cm³/mol. The third-order valence-electron chi connectivity index (χ3n) is 3.33. The second-order valence-electron chi connectivity index (χ2n) is 5.04. The van der Waals surface area contributed by atoms with Gasteiger partial charge >= 0.3 is 0 Å². The van der Waals surface area contributed by atoms with Gasteiger partial charge in [-0.25, -0.2) is 4.98 Å². The average molecular weight is 304 g/mol. The van der Waals surface area contributed by atoms with E-state index in [1.165, 1.54) is 10.4 Å². The number of hydrogen-bond acceptors (Lipinski definition) is 4. The van der Waals surface area contributed by atoms with Gasteiger partial charge in [-0.3, -0.25) is 0 Å². The van der Waals surface area contributed by atoms with Crippen LogP contribution in [-0.2, 0) is 0 Å². The van der Waals surface area contributed by atoms with Crippen LogP contribution in [0.4, 0.5) is 0 Å². The molecule has 1 aromatic carbocycles. The molecule has 1 atom stereocenters. The van der Waals surface area contributed by atoms with Crippen molar-refractivity contribution in [2.75, 3.05) is 13.2 Å². The van der Waals surface area contributed by atoms with Crippen molar-refractivity contribution in [1.82, 2.24) is 10.3 Å². The third kappa shape index (κ3) is 3.83. The van der Waals surface area contributed by atoms with Gasteiger partial charge in [0.2, 0.25) is 0 Å². The van der Waals surface area contributed by atoms with Crippen LogP contribution in [0, 0.1) is 13.8 Å². The van der Waals surface area contributed by atoms with Crippen molar-refractivity contribution in [3.8, 4) is 5.75 Å². The van der Waals surface area contributed by atoms with Crippen molar-refractivity contribution < 1.29 is 4.74 Å². The molecule has 1 aromatic heterocycles. The molecule has 1 unspecified atom stereocenters. The summed E-state index contributed by atoms with van der Waals surface area (Å²) in [6.45, 7) is 10.0. The van der Waals surface area contributed by atoms with E-state index in [1.54, 1.807) is 11.3 Å². The number of nitrogens with zero attached hydrogens (tertiary/aromatic N) is 1. The zero-order chi connectivity index (χ0) is 15.2. The second kappa shape index (κ2) is 7.57. The normalized spacial score (nSPS) is 12.4. The van der Waals surface area contributed by atoms with Crippen LogP contribution in [-0.4, -0.2) is 18.1 Å². The zero-order valence-corrected chi connectivity index (χ0v) is 14.1. The summed E-state index contributed by atoms with van der Waals surface area (Å²) < 4.78 is 5.81. The minimum Gasteiger partial charge on any atom is -0.494 e. The Balaban J connectivity index is 2.43. The number of thiazole rings is 1. The minimum atomic E-state index is 0.152. The van der Waals surface area contributed by atoms with E-state index in [0.717, 1.165) is 29.4 Å². The van der Waals surface area contributed by atoms with Crippen LogP contribution in [0.1, 0.15) is 47.5 Å². The summed E-state index contributed by atoms with van der Waals surface area (Å²) in [5.74, 6) is 0.957. The van der Waals surface area contributed by atoms with Gasteiger partial charge in [-0.2, -0.15) is 0 Å². The summed E-state index contributed by atoms with van der Waals surface area (Å²) in [6.07, 6.45) is 1.10. The summed E-state index contributed by atoms with van der Waals surface area (Å²) in [5, 5.41) is 4.76. The first kappa shape index (κ1) is 16.0. The van der Waals surface area contributed by atoms with Gasteiger partial charge in [0.1, 0.15) is 5.75 Å². The van der Waals surface area contributed by atoms with Gasteiger partial charge in [-0.05, 0) is 39.8 Å². The number of nitrogens with one attached hydrogen (secondary N) is 1. The van der Waals surface area contributed by atoms with Crippen LogP contribution in [0.15, 0.2) is 24.3 Å². The molecule has 0 saturated heterocycles. The van der Waals surface area contributed by atoms with Gasteiger partial charge in [-0.1, -0.05) is 25.1 Å². The second-order valence-corrected chi connectivity index (χ2v) is 6.28. The molecule has 0 radical (unpaired) electrons. The van der Waals surface area contributed by atoms with E-state index >= 15 is 0 Å². The molecule has 0 amide bonds. The van der Waals surface area contributed by atoms with Crippen molar-refractivity contribution in [2.24, 2.45) is 0 Å². The molecule has 1 N–H and O–H groups in total. The van der Waals surface area contributed by atoms with Gasteiger partial charge in [-0.15, -0.1) is 11.3 Å². The van der Waals surface area contributed by atoms with Crippen molar-refractivity contribution in [3.63, 3.8) is 0 Å². The molecule has 3 nitrogen and oxygen atoms in total. The van der Waals surface area contributed by atoms with Gasteiger partial charge in [0.15, 0.2) is 0 Å². The van der Waals surface area contributed by atoms with Crippen molar-refractivity contribution >= 4 is 11.3 Å². The number of aryl methyl sites for hydroxylation is 2. The van der Waals surface area contributed by atoms with Crippen LogP contribution < -0.4 is 10.1 Å². The van der Waals surface area contributed by atoms with E-state index in [-0.39, 0.29) is 6.04 Å². The Labute approximate surface area is 131 Å². The lowest BCUT2D eigenvalue weighted by Crippen LogP contribution is -2.23. The number of ether oxygens (including phenoxy) is 1. The maximum Gasteiger partial charge on any atom is 0.124 e. The monoisotopic (exact) mass is 304 g/mol. The molecule has 21 heavy (non-hydrogen) atoms. The fraction of sp³-hybridized carbons (Fsp3) is 0.471. The van der Waals surface area contributed by atoms with E-state index < -0.39 is 0 Å². The van der Waals surface area contributed by atoms with Gasteiger partial charge < -0.3 is 10.1 Å². The van der Waals surface area contributed by atoms with E-state index in [1.807, 2.05) is 19.1 Å². The van der Waals surface area contributed by atoms with Crippen LogP contribution in [0.25, 0.3) is 0 Å². The fourth-order valence-corrected chi connectivity index (χ4v) is 3.48. The molecule has 0 bridgehead atoms. The van der Waals surface area contributed by atoms with E-state index in [0.29, 0.717) is 6.61 Å². The largest absolute Gasteiger partial charge is 0.494 e. The van der Waals surface area contributed by atoms with Crippen LogP contribution in [0.2, 0.25) is 0 Å². The molecule has 0 fully saturated rings. The molecular formula is C17H24N2OS. The molecule has 0 spiro atoms. The first-order valence-corrected chi connectivity index (χ1v) is 8.38. The summed E-state index contributed by atoms with van der Waals surface area (Å²) >= 11 is 1.77. The highest BCUT2D eigenvalue weighted by Gasteiger charge is 2.22. The standard InChI is InChI=1S/C17H24N2OS/c1-5-11-18-16(17-12(3)19-13(4)21-17)14-9-7-8-10-15(14)20-6-2/h7-10,16,18H,5-6,11H2,1-4H3. The average Bonchev–Trinajstić information content (AvgIpc) is 2.80. The summed E-state index contributed by atoms with van der Waals surface area (Å²) in [6, 6.07) is 8.44. The number of hydrogen-bond donors (Lipinski definition) is 1. The number of benzene rings is 1. The Morgan fingerprint density at radius 1 is 1.24 bits per heavy atom. The number of aromatic nitrogens is 1. The Kier molecular flexibility index (Phi) is 5.76. The van der Waals surface area contributed by atoms with Gasteiger partial charge in [0.05, 0.1) is 23.4 Å². The number of para-hydroxylation sites is 1. The van der Waals surface area contributed by atoms with Crippen molar-refractivity contribution in [3.05, 3.63) is 45.4 Å². The molecule has 0 aliphatic carbocycles. The highest BCUT2D eigenvalue weighted by atomic mass is 32.1. The molecule has 114 valence electrons. The van der Waals surface area contributed by atoms with Crippen LogP contribution in [0.5, 0.6) is 5.75 Å². The summed E-state index contributed by atoms with van der Waals surface area (Å²) in [5.41, 5.74) is 2.30. The first-order valence-electron chi connectivity index (χ1n) is 7.56. The van der Waals surface area contributed by atoms with E-state index in [2.05, 4.69) is 43.2 Å². The van der Waals surface area contributed by atoms with Gasteiger partial charge in [0.25, 0.3) is 0 Å². The van der Waals surface area contributed by atoms with E-state index in [9.17, 15) is 0 Å². The maximum absolute atomic E-state index is 5.81. The Morgan fingerprint density at radius 3 is 2.62 bits per heavy atom. The molecular weight excluding hydrogens is 280 g/mol. The highest BCUT2D eigenvalue weighted by Crippen LogP contribution is 2.34. The molecule has 0 saturated carbocycles. The maximum atomic E-state index is 5.81. The molecule has 2 aromatic rings. The zero-order valence-electron chi connectivity index (χ0n) is 13.3. The molecule has 0 aliphatic heterocycles. The Bertz CT molecular complexity index is 580. The summed E-state index contributed by atoms with van der Waals surface area (Å²) in [4.78, 5) is 5.86. The molecule has 0 aliphatic rings.